The minimum absolute atomic E-state index is 0.0527. The van der Waals surface area contributed by atoms with Gasteiger partial charge in [0.2, 0.25) is 17.7 Å². The molecule has 1 spiro atoms. The van der Waals surface area contributed by atoms with Crippen molar-refractivity contribution in [3.8, 4) is 11.1 Å². The van der Waals surface area contributed by atoms with Crippen molar-refractivity contribution in [3.05, 3.63) is 77.7 Å². The zero-order chi connectivity index (χ0) is 37.9. The molecular formula is C37H37F3N8O5. The maximum Gasteiger partial charge on any atom is 0.433 e. The van der Waals surface area contributed by atoms with Crippen molar-refractivity contribution >= 4 is 40.2 Å². The zero-order valence-electron chi connectivity index (χ0n) is 29.5. The number of carbonyl (C=O) groups excluding carboxylic acids is 4. The van der Waals surface area contributed by atoms with Crippen LogP contribution in [0, 0.1) is 17.8 Å². The Morgan fingerprint density at radius 2 is 1.81 bits per heavy atom. The first kappa shape index (κ1) is 35.9. The molecule has 7 rings (SSSR count). The van der Waals surface area contributed by atoms with Crippen LogP contribution in [0.5, 0.6) is 0 Å². The van der Waals surface area contributed by atoms with E-state index in [1.54, 1.807) is 63.5 Å². The van der Waals surface area contributed by atoms with Crippen LogP contribution in [0.4, 0.5) is 19.0 Å². The van der Waals surface area contributed by atoms with Gasteiger partial charge in [-0.05, 0) is 57.4 Å². The van der Waals surface area contributed by atoms with Crippen LogP contribution in [-0.2, 0) is 38.4 Å². The fraction of sp³-hybridized carbons (Fsp3) is 0.405. The van der Waals surface area contributed by atoms with E-state index in [0.29, 0.717) is 23.1 Å². The summed E-state index contributed by atoms with van der Waals surface area (Å²) in [5.74, 6) is -1.50. The van der Waals surface area contributed by atoms with Crippen molar-refractivity contribution in [2.45, 2.75) is 71.9 Å². The third kappa shape index (κ3) is 6.90. The average Bonchev–Trinajstić information content (AvgIpc) is 3.52. The number of carbonyl (C=O) groups is 4. The van der Waals surface area contributed by atoms with Crippen molar-refractivity contribution in [2.75, 3.05) is 18.5 Å². The van der Waals surface area contributed by atoms with Gasteiger partial charge in [0.15, 0.2) is 5.78 Å². The van der Waals surface area contributed by atoms with E-state index in [4.69, 9.17) is 4.74 Å². The molecule has 3 amide bonds. The number of hydrogen-bond acceptors (Lipinski definition) is 9. The summed E-state index contributed by atoms with van der Waals surface area (Å²) in [5.41, 5.74) is -0.419. The highest BCUT2D eigenvalue weighted by atomic mass is 19.4. The van der Waals surface area contributed by atoms with Gasteiger partial charge in [0.05, 0.1) is 24.1 Å². The highest BCUT2D eigenvalue weighted by molar-refractivity contribution is 6.06. The molecule has 2 fully saturated rings. The van der Waals surface area contributed by atoms with E-state index in [0.717, 1.165) is 17.2 Å². The number of amides is 3. The molecule has 1 saturated carbocycles. The Hall–Kier alpha value is -5.51. The molecule has 0 unspecified atom stereocenters. The standard InChI is InChI=1S/C37H37F3N8O5/c1-20(49)31-25-12-22(24-15-41-21(2)42-16-24)6-8-26(25)47(46-31)17-30(50)48-27-13-36(14-29(36)48)19-43-34(52)35(3,4)10-5-11-53-18-23-7-9-28(37(38,39)40)44-32(23)45-33(27)51/h5-10,12,15-16,27,29H,11,13-14,17-19H2,1-4H3,(H,43,52)(H,44,45,51)/b10-5-/t27-,29+,36-/m0/s1. The number of ketones is 1. The lowest BCUT2D eigenvalue weighted by molar-refractivity contribution is -0.141. The number of fused-ring (bicyclic) bond motifs is 3. The number of benzene rings is 1. The first-order chi connectivity index (χ1) is 25.1. The lowest BCUT2D eigenvalue weighted by Crippen LogP contribution is -2.47. The molecular weight excluding hydrogens is 693 g/mol. The van der Waals surface area contributed by atoms with Crippen LogP contribution in [0.25, 0.3) is 22.0 Å². The van der Waals surface area contributed by atoms with Crippen LogP contribution >= 0.6 is 0 Å². The topological polar surface area (TPSA) is 161 Å². The number of likely N-dealkylation sites (tertiary alicyclic amines) is 1. The van der Waals surface area contributed by atoms with E-state index in [2.05, 4.69) is 30.7 Å². The van der Waals surface area contributed by atoms with Gasteiger partial charge in [-0.3, -0.25) is 23.9 Å². The number of hydrogen-bond donors (Lipinski definition) is 2. The van der Waals surface area contributed by atoms with Crippen molar-refractivity contribution in [3.63, 3.8) is 0 Å². The molecule has 13 nitrogen and oxygen atoms in total. The molecule has 3 aliphatic rings. The predicted molar refractivity (Wildman–Crippen MR) is 185 cm³/mol. The normalized spacial score (nSPS) is 23.5. The smallest absolute Gasteiger partial charge is 0.373 e. The molecule has 5 heterocycles. The Bertz CT molecular complexity index is 2180. The first-order valence-corrected chi connectivity index (χ1v) is 17.1. The predicted octanol–water partition coefficient (Wildman–Crippen LogP) is 4.65. The Balaban J connectivity index is 1.23. The number of piperidine rings is 1. The lowest BCUT2D eigenvalue weighted by Gasteiger charge is -2.27. The number of alkyl halides is 3. The van der Waals surface area contributed by atoms with Crippen molar-refractivity contribution in [1.29, 1.82) is 0 Å². The molecule has 1 saturated heterocycles. The number of nitrogens with zero attached hydrogens (tertiary/aromatic N) is 6. The quantitative estimate of drug-likeness (QED) is 0.225. The number of anilines is 1. The third-order valence-corrected chi connectivity index (χ3v) is 10.2. The first-order valence-electron chi connectivity index (χ1n) is 17.1. The fourth-order valence-corrected chi connectivity index (χ4v) is 7.17. The molecule has 2 aliphatic heterocycles. The molecule has 4 aromatic rings. The maximum absolute atomic E-state index is 14.3. The number of nitrogens with one attached hydrogen (secondary N) is 2. The summed E-state index contributed by atoms with van der Waals surface area (Å²) in [6.45, 7) is 6.34. The van der Waals surface area contributed by atoms with E-state index < -0.39 is 46.6 Å². The van der Waals surface area contributed by atoms with Gasteiger partial charge in [-0.2, -0.15) is 18.3 Å². The fourth-order valence-electron chi connectivity index (χ4n) is 7.17. The maximum atomic E-state index is 14.3. The van der Waals surface area contributed by atoms with Crippen LogP contribution in [0.2, 0.25) is 0 Å². The van der Waals surface area contributed by atoms with Crippen LogP contribution in [-0.4, -0.2) is 78.4 Å². The van der Waals surface area contributed by atoms with Gasteiger partial charge < -0.3 is 20.3 Å². The molecule has 53 heavy (non-hydrogen) atoms. The Kier molecular flexibility index (Phi) is 8.91. The van der Waals surface area contributed by atoms with Crippen molar-refractivity contribution < 1.29 is 37.1 Å². The van der Waals surface area contributed by atoms with Gasteiger partial charge in [-0.25, -0.2) is 15.0 Å². The second kappa shape index (κ2) is 13.2. The van der Waals surface area contributed by atoms with Crippen LogP contribution in [0.3, 0.4) is 0 Å². The highest BCUT2D eigenvalue weighted by Crippen LogP contribution is 2.59. The molecule has 2 N–H and O–H groups in total. The zero-order valence-corrected chi connectivity index (χ0v) is 29.5. The van der Waals surface area contributed by atoms with Gasteiger partial charge in [-0.15, -0.1) is 0 Å². The second-order valence-corrected chi connectivity index (χ2v) is 14.4. The molecule has 16 heteroatoms. The molecule has 0 radical (unpaired) electrons. The minimum Gasteiger partial charge on any atom is -0.373 e. The number of Topliss-reactive ketones (excluding diaryl/α,β-unsaturated/α-hetero) is 1. The van der Waals surface area contributed by atoms with Crippen LogP contribution in [0.1, 0.15) is 61.2 Å². The molecule has 1 aromatic carbocycles. The summed E-state index contributed by atoms with van der Waals surface area (Å²) in [7, 11) is 0. The lowest BCUT2D eigenvalue weighted by atomic mass is 9.91. The van der Waals surface area contributed by atoms with Gasteiger partial charge in [0.25, 0.3) is 0 Å². The summed E-state index contributed by atoms with van der Waals surface area (Å²) in [6, 6.07) is 5.79. The Morgan fingerprint density at radius 1 is 1.06 bits per heavy atom. The SMILES string of the molecule is CC(=O)c1nn(CC(=O)N2[C@H]3C[C@@]4(CNC(=O)C(C)(C)/C=C\COCc5ccc(C(F)(F)F)nc5NC3=O)C[C@@H]24)c2ccc(-c3cnc(C)nc3)cc12. The molecule has 276 valence electrons. The number of aromatic nitrogens is 5. The van der Waals surface area contributed by atoms with E-state index in [1.807, 2.05) is 0 Å². The van der Waals surface area contributed by atoms with Crippen LogP contribution in [0.15, 0.2) is 54.9 Å². The number of ether oxygens (including phenoxy) is 1. The second-order valence-electron chi connectivity index (χ2n) is 14.4. The number of aryl methyl sites for hydroxylation is 1. The van der Waals surface area contributed by atoms with Gasteiger partial charge in [0, 0.05) is 53.8 Å². The monoisotopic (exact) mass is 730 g/mol. The molecule has 1 aliphatic carbocycles. The summed E-state index contributed by atoms with van der Waals surface area (Å²) in [6.07, 6.45) is 2.56. The van der Waals surface area contributed by atoms with Crippen molar-refractivity contribution in [2.24, 2.45) is 10.8 Å². The molecule has 2 bridgehead atoms. The molecule has 3 aromatic heterocycles. The number of pyridine rings is 1. The summed E-state index contributed by atoms with van der Waals surface area (Å²) in [4.78, 5) is 68.0. The summed E-state index contributed by atoms with van der Waals surface area (Å²) >= 11 is 0. The van der Waals surface area contributed by atoms with E-state index in [9.17, 15) is 32.3 Å². The largest absolute Gasteiger partial charge is 0.433 e. The number of halogens is 3. The molecule has 3 atom stereocenters. The highest BCUT2D eigenvalue weighted by Gasteiger charge is 2.67. The summed E-state index contributed by atoms with van der Waals surface area (Å²) in [5, 5.41) is 10.6. The van der Waals surface area contributed by atoms with E-state index in [1.165, 1.54) is 22.6 Å². The number of rotatable bonds is 4. The Morgan fingerprint density at radius 3 is 2.53 bits per heavy atom. The third-order valence-electron chi connectivity index (χ3n) is 10.2. The van der Waals surface area contributed by atoms with E-state index >= 15 is 0 Å². The van der Waals surface area contributed by atoms with Gasteiger partial charge >= 0.3 is 6.18 Å². The average molecular weight is 731 g/mol. The van der Waals surface area contributed by atoms with Crippen LogP contribution < -0.4 is 10.6 Å². The minimum atomic E-state index is -4.77. The van der Waals surface area contributed by atoms with Gasteiger partial charge in [-0.1, -0.05) is 24.3 Å². The summed E-state index contributed by atoms with van der Waals surface area (Å²) < 4.78 is 48.2. The Labute approximate surface area is 302 Å². The van der Waals surface area contributed by atoms with E-state index in [-0.39, 0.29) is 61.5 Å². The van der Waals surface area contributed by atoms with Crippen molar-refractivity contribution in [1.82, 2.24) is 34.9 Å². The van der Waals surface area contributed by atoms with Gasteiger partial charge in [0.1, 0.15) is 35.6 Å².